The molecule has 2 aromatic heterocycles. The summed E-state index contributed by atoms with van der Waals surface area (Å²) in [6.45, 7) is 1.84. The van der Waals surface area contributed by atoms with Crippen LogP contribution in [0.2, 0.25) is 0 Å². The smallest absolute Gasteiger partial charge is 0.225 e. The van der Waals surface area contributed by atoms with Crippen LogP contribution in [-0.4, -0.2) is 14.6 Å². The van der Waals surface area contributed by atoms with Gasteiger partial charge >= 0.3 is 6.18 Å². The average molecular weight is 221 g/mol. The minimum Gasteiger partial charge on any atom is -0.225 e. The van der Waals surface area contributed by atoms with Gasteiger partial charge in [0.15, 0.2) is 5.69 Å². The summed E-state index contributed by atoms with van der Waals surface area (Å²) < 4.78 is 38.0. The van der Waals surface area contributed by atoms with E-state index in [9.17, 15) is 13.2 Å². The normalized spacial score (nSPS) is 12.6. The molecule has 0 aliphatic heterocycles. The predicted octanol–water partition coefficient (Wildman–Crippen LogP) is 2.37. The Morgan fingerprint density at radius 3 is 2.79 bits per heavy atom. The Morgan fingerprint density at radius 1 is 1.50 bits per heavy atom. The lowest BCUT2D eigenvalue weighted by atomic mass is 10.5. The molecule has 0 spiro atoms. The molecule has 0 aliphatic carbocycles. The molecule has 0 saturated heterocycles. The maximum Gasteiger partial charge on any atom is 0.435 e. The minimum atomic E-state index is -4.39. The molecule has 0 bridgehead atoms. The molecular formula is C7H6F3N3S. The number of halogens is 3. The van der Waals surface area contributed by atoms with Crippen molar-refractivity contribution in [3.63, 3.8) is 0 Å². The molecule has 0 aromatic carbocycles. The highest BCUT2D eigenvalue weighted by Gasteiger charge is 2.35. The van der Waals surface area contributed by atoms with Crippen molar-refractivity contribution in [2.75, 3.05) is 0 Å². The fraction of sp³-hybridized carbons (Fsp3) is 0.429. The number of aromatic nitrogens is 3. The van der Waals surface area contributed by atoms with Gasteiger partial charge in [0.1, 0.15) is 5.01 Å². The molecule has 0 saturated carbocycles. The lowest BCUT2D eigenvalue weighted by Crippen LogP contribution is -2.09. The molecule has 2 rings (SSSR count). The fourth-order valence-electron chi connectivity index (χ4n) is 1.07. The standard InChI is InChI=1S/C7H6F3N3S/c1-2-5-12-13-4(7(8,9)10)3-11-6(13)14-5/h3H,2H2,1H3. The summed E-state index contributed by atoms with van der Waals surface area (Å²) in [6.07, 6.45) is -2.97. The Hall–Kier alpha value is -1.11. The summed E-state index contributed by atoms with van der Waals surface area (Å²) in [7, 11) is 0. The minimum absolute atomic E-state index is 0.286. The van der Waals surface area contributed by atoms with Gasteiger partial charge in [0.25, 0.3) is 0 Å². The summed E-state index contributed by atoms with van der Waals surface area (Å²) in [5.41, 5.74) is -0.816. The van der Waals surface area contributed by atoms with Crippen LogP contribution >= 0.6 is 11.3 Å². The Bertz CT molecular complexity index is 456. The third-order valence-electron chi connectivity index (χ3n) is 1.72. The first-order valence-corrected chi connectivity index (χ1v) is 4.74. The van der Waals surface area contributed by atoms with Gasteiger partial charge in [-0.25, -0.2) is 4.98 Å². The van der Waals surface area contributed by atoms with E-state index in [1.165, 1.54) is 11.3 Å². The van der Waals surface area contributed by atoms with Crippen LogP contribution in [0, 0.1) is 0 Å². The molecule has 0 fully saturated rings. The molecule has 2 heterocycles. The van der Waals surface area contributed by atoms with Gasteiger partial charge in [0.2, 0.25) is 4.96 Å². The number of fused-ring (bicyclic) bond motifs is 1. The maximum absolute atomic E-state index is 12.4. The van der Waals surface area contributed by atoms with Crippen molar-refractivity contribution >= 4 is 16.3 Å². The molecule has 7 heteroatoms. The average Bonchev–Trinajstić information content (AvgIpc) is 2.57. The van der Waals surface area contributed by atoms with Crippen molar-refractivity contribution < 1.29 is 13.2 Å². The zero-order valence-corrected chi connectivity index (χ0v) is 7.98. The van der Waals surface area contributed by atoms with Gasteiger partial charge in [-0.2, -0.15) is 22.8 Å². The first-order valence-electron chi connectivity index (χ1n) is 3.93. The van der Waals surface area contributed by atoms with E-state index in [1.54, 1.807) is 0 Å². The summed E-state index contributed by atoms with van der Waals surface area (Å²) in [4.78, 5) is 3.94. The number of rotatable bonds is 1. The summed E-state index contributed by atoms with van der Waals surface area (Å²) in [6, 6.07) is 0. The number of hydrogen-bond donors (Lipinski definition) is 0. The molecule has 0 N–H and O–H groups in total. The van der Waals surface area contributed by atoms with Gasteiger partial charge in [-0.3, -0.25) is 0 Å². The fourth-order valence-corrected chi connectivity index (χ4v) is 1.88. The second kappa shape index (κ2) is 2.94. The van der Waals surface area contributed by atoms with Crippen molar-refractivity contribution in [1.82, 2.24) is 14.6 Å². The zero-order valence-electron chi connectivity index (χ0n) is 7.17. The first-order chi connectivity index (χ1) is 6.52. The summed E-state index contributed by atoms with van der Waals surface area (Å²) in [5, 5.41) is 4.46. The highest BCUT2D eigenvalue weighted by molar-refractivity contribution is 7.16. The van der Waals surface area contributed by atoms with E-state index < -0.39 is 11.9 Å². The van der Waals surface area contributed by atoms with Crippen molar-refractivity contribution in [3.8, 4) is 0 Å². The molecule has 0 aliphatic rings. The number of nitrogens with zero attached hydrogens (tertiary/aromatic N) is 3. The van der Waals surface area contributed by atoms with Crippen LogP contribution in [0.5, 0.6) is 0 Å². The molecule has 0 amide bonds. The Labute approximate surface area is 81.2 Å². The number of imidazole rings is 1. The molecular weight excluding hydrogens is 215 g/mol. The second-order valence-electron chi connectivity index (χ2n) is 2.68. The number of aryl methyl sites for hydroxylation is 1. The van der Waals surface area contributed by atoms with Crippen molar-refractivity contribution in [1.29, 1.82) is 0 Å². The Morgan fingerprint density at radius 2 is 2.21 bits per heavy atom. The molecule has 14 heavy (non-hydrogen) atoms. The predicted molar refractivity (Wildman–Crippen MR) is 45.2 cm³/mol. The van der Waals surface area contributed by atoms with Crippen LogP contribution in [0.25, 0.3) is 4.96 Å². The molecule has 0 unspecified atom stereocenters. The van der Waals surface area contributed by atoms with Gasteiger partial charge in [-0.1, -0.05) is 18.3 Å². The first kappa shape index (κ1) is 9.45. The van der Waals surface area contributed by atoms with Crippen LogP contribution in [-0.2, 0) is 12.6 Å². The van der Waals surface area contributed by atoms with E-state index in [2.05, 4.69) is 10.1 Å². The number of alkyl halides is 3. The van der Waals surface area contributed by atoms with E-state index in [0.29, 0.717) is 11.4 Å². The topological polar surface area (TPSA) is 30.2 Å². The SMILES string of the molecule is CCc1nn2c(C(F)(F)F)cnc2s1. The van der Waals surface area contributed by atoms with Crippen molar-refractivity contribution in [2.24, 2.45) is 0 Å². The Kier molecular flexibility index (Phi) is 1.99. The van der Waals surface area contributed by atoms with Crippen molar-refractivity contribution in [2.45, 2.75) is 19.5 Å². The van der Waals surface area contributed by atoms with Crippen LogP contribution in [0.1, 0.15) is 17.6 Å². The molecule has 2 aromatic rings. The maximum atomic E-state index is 12.4. The van der Waals surface area contributed by atoms with Crippen molar-refractivity contribution in [3.05, 3.63) is 16.9 Å². The van der Waals surface area contributed by atoms with Gasteiger partial charge in [-0.15, -0.1) is 0 Å². The highest BCUT2D eigenvalue weighted by Crippen LogP contribution is 2.30. The summed E-state index contributed by atoms with van der Waals surface area (Å²) >= 11 is 1.17. The molecule has 3 nitrogen and oxygen atoms in total. The lowest BCUT2D eigenvalue weighted by molar-refractivity contribution is -0.142. The summed E-state index contributed by atoms with van der Waals surface area (Å²) in [5.74, 6) is 0. The lowest BCUT2D eigenvalue weighted by Gasteiger charge is -2.01. The van der Waals surface area contributed by atoms with E-state index >= 15 is 0 Å². The van der Waals surface area contributed by atoms with Crippen LogP contribution < -0.4 is 0 Å². The van der Waals surface area contributed by atoms with E-state index in [4.69, 9.17) is 0 Å². The largest absolute Gasteiger partial charge is 0.435 e. The molecule has 0 radical (unpaired) electrons. The van der Waals surface area contributed by atoms with E-state index in [-0.39, 0.29) is 4.96 Å². The van der Waals surface area contributed by atoms with Crippen LogP contribution in [0.15, 0.2) is 6.20 Å². The van der Waals surface area contributed by atoms with Crippen LogP contribution in [0.4, 0.5) is 13.2 Å². The monoisotopic (exact) mass is 221 g/mol. The quantitative estimate of drug-likeness (QED) is 0.740. The second-order valence-corrected chi connectivity index (χ2v) is 3.73. The molecule has 76 valence electrons. The van der Waals surface area contributed by atoms with Gasteiger partial charge in [-0.05, 0) is 6.42 Å². The third kappa shape index (κ3) is 1.37. The van der Waals surface area contributed by atoms with E-state index in [0.717, 1.165) is 10.7 Å². The van der Waals surface area contributed by atoms with E-state index in [1.807, 2.05) is 6.92 Å². The number of hydrogen-bond acceptors (Lipinski definition) is 3. The zero-order chi connectivity index (χ0) is 10.3. The van der Waals surface area contributed by atoms with Gasteiger partial charge < -0.3 is 0 Å². The molecule has 0 atom stereocenters. The third-order valence-corrected chi connectivity index (χ3v) is 2.79. The van der Waals surface area contributed by atoms with Crippen LogP contribution in [0.3, 0.4) is 0 Å². The van der Waals surface area contributed by atoms with Gasteiger partial charge in [0.05, 0.1) is 6.20 Å². The van der Waals surface area contributed by atoms with Gasteiger partial charge in [0, 0.05) is 0 Å². The Balaban J connectivity index is 2.61. The highest BCUT2D eigenvalue weighted by atomic mass is 32.1.